The first-order valence-corrected chi connectivity index (χ1v) is 6.68. The van der Waals surface area contributed by atoms with Crippen LogP contribution in [-0.2, 0) is 0 Å². The first-order chi connectivity index (χ1) is 9.83. The van der Waals surface area contributed by atoms with Gasteiger partial charge in [0.15, 0.2) is 0 Å². The van der Waals surface area contributed by atoms with Gasteiger partial charge in [-0.15, -0.1) is 5.10 Å². The summed E-state index contributed by atoms with van der Waals surface area (Å²) in [6.07, 6.45) is 3.82. The normalized spacial score (nSPS) is 18.1. The number of carbonyl (C=O) groups excluding carboxylic acids is 1. The fourth-order valence-electron chi connectivity index (χ4n) is 2.29. The van der Waals surface area contributed by atoms with Crippen LogP contribution >= 0.6 is 0 Å². The number of benzene rings is 1. The summed E-state index contributed by atoms with van der Waals surface area (Å²) in [5.74, 6) is -0.0537. The van der Waals surface area contributed by atoms with Crippen LogP contribution in [0.2, 0.25) is 0 Å². The van der Waals surface area contributed by atoms with E-state index in [0.29, 0.717) is 18.2 Å². The van der Waals surface area contributed by atoms with Crippen LogP contribution < -0.4 is 10.6 Å². The molecule has 1 fully saturated rings. The molecule has 0 aliphatic carbocycles. The maximum absolute atomic E-state index is 12.0. The second-order valence-corrected chi connectivity index (χ2v) is 4.80. The zero-order valence-corrected chi connectivity index (χ0v) is 11.0. The second kappa shape index (κ2) is 5.79. The van der Waals surface area contributed by atoms with Crippen molar-refractivity contribution in [3.05, 3.63) is 36.2 Å². The molecular weight excluding hydrogens is 256 g/mol. The summed E-state index contributed by atoms with van der Waals surface area (Å²) in [6.45, 7) is 1.72. The number of rotatable bonds is 4. The quantitative estimate of drug-likeness (QED) is 0.827. The summed E-state index contributed by atoms with van der Waals surface area (Å²) in [6, 6.07) is 7.58. The first kappa shape index (κ1) is 12.7. The van der Waals surface area contributed by atoms with E-state index in [0.717, 1.165) is 18.7 Å². The molecule has 1 aromatic carbocycles. The van der Waals surface area contributed by atoms with Crippen LogP contribution in [0.3, 0.4) is 0 Å². The van der Waals surface area contributed by atoms with Crippen molar-refractivity contribution in [3.8, 4) is 5.69 Å². The molecule has 104 valence electrons. The molecular formula is C13H16N6O. The minimum absolute atomic E-state index is 0.0537. The number of hydrogen-bond donors (Lipinski definition) is 2. The number of nitrogens with zero attached hydrogens (tertiary/aromatic N) is 4. The Morgan fingerprint density at radius 1 is 1.40 bits per heavy atom. The maximum Gasteiger partial charge on any atom is 0.251 e. The minimum atomic E-state index is -0.0537. The standard InChI is InChI=1S/C13H16N6O/c20-13(15-8-11-2-1-7-14-11)10-3-5-12(6-4-10)19-9-16-17-18-19/h3-6,9,11,14H,1-2,7-8H2,(H,15,20). The highest BCUT2D eigenvalue weighted by atomic mass is 16.1. The molecule has 2 aromatic rings. The number of nitrogens with one attached hydrogen (secondary N) is 2. The van der Waals surface area contributed by atoms with E-state index in [4.69, 9.17) is 0 Å². The van der Waals surface area contributed by atoms with E-state index in [1.807, 2.05) is 12.1 Å². The lowest BCUT2D eigenvalue weighted by atomic mass is 10.2. The molecule has 0 saturated carbocycles. The molecule has 0 radical (unpaired) electrons. The molecule has 1 aliphatic heterocycles. The van der Waals surface area contributed by atoms with Crippen LogP contribution in [-0.4, -0.2) is 45.2 Å². The maximum atomic E-state index is 12.0. The molecule has 0 bridgehead atoms. The van der Waals surface area contributed by atoms with Gasteiger partial charge in [0.1, 0.15) is 6.33 Å². The minimum Gasteiger partial charge on any atom is -0.350 e. The molecule has 1 atom stereocenters. The lowest BCUT2D eigenvalue weighted by Gasteiger charge is -2.11. The van der Waals surface area contributed by atoms with Crippen LogP contribution in [0.4, 0.5) is 0 Å². The molecule has 2 N–H and O–H groups in total. The van der Waals surface area contributed by atoms with Crippen molar-refractivity contribution >= 4 is 5.91 Å². The summed E-state index contributed by atoms with van der Waals surface area (Å²) in [5.41, 5.74) is 1.46. The average Bonchev–Trinajstić information content (AvgIpc) is 3.18. The van der Waals surface area contributed by atoms with Crippen molar-refractivity contribution in [3.63, 3.8) is 0 Å². The smallest absolute Gasteiger partial charge is 0.251 e. The van der Waals surface area contributed by atoms with E-state index in [1.54, 1.807) is 16.8 Å². The Labute approximate surface area is 116 Å². The Morgan fingerprint density at radius 3 is 2.90 bits per heavy atom. The summed E-state index contributed by atoms with van der Waals surface area (Å²) in [4.78, 5) is 12.0. The van der Waals surface area contributed by atoms with Gasteiger partial charge >= 0.3 is 0 Å². The fraction of sp³-hybridized carbons (Fsp3) is 0.385. The van der Waals surface area contributed by atoms with E-state index < -0.39 is 0 Å². The van der Waals surface area contributed by atoms with Crippen molar-refractivity contribution in [2.45, 2.75) is 18.9 Å². The Hall–Kier alpha value is -2.28. The van der Waals surface area contributed by atoms with Crippen molar-refractivity contribution in [1.82, 2.24) is 30.8 Å². The third kappa shape index (κ3) is 2.83. The monoisotopic (exact) mass is 272 g/mol. The van der Waals surface area contributed by atoms with Crippen molar-refractivity contribution < 1.29 is 4.79 Å². The summed E-state index contributed by atoms with van der Waals surface area (Å²) in [7, 11) is 0. The Bertz CT molecular complexity index is 559. The molecule has 1 amide bonds. The molecule has 2 heterocycles. The lowest BCUT2D eigenvalue weighted by molar-refractivity contribution is 0.0950. The predicted molar refractivity (Wildman–Crippen MR) is 72.5 cm³/mol. The molecule has 1 unspecified atom stereocenters. The summed E-state index contributed by atoms with van der Waals surface area (Å²) < 4.78 is 1.55. The van der Waals surface area contributed by atoms with Gasteiger partial charge in [-0.3, -0.25) is 4.79 Å². The highest BCUT2D eigenvalue weighted by Gasteiger charge is 2.15. The molecule has 0 spiro atoms. The highest BCUT2D eigenvalue weighted by molar-refractivity contribution is 5.94. The van der Waals surface area contributed by atoms with E-state index in [2.05, 4.69) is 26.2 Å². The van der Waals surface area contributed by atoms with Gasteiger partial charge in [-0.05, 0) is 54.1 Å². The SMILES string of the molecule is O=C(NCC1CCCN1)c1ccc(-n2cnnn2)cc1. The first-order valence-electron chi connectivity index (χ1n) is 6.68. The van der Waals surface area contributed by atoms with Crippen molar-refractivity contribution in [2.75, 3.05) is 13.1 Å². The Morgan fingerprint density at radius 2 is 2.25 bits per heavy atom. The van der Waals surface area contributed by atoms with Crippen molar-refractivity contribution in [2.24, 2.45) is 0 Å². The number of aromatic nitrogens is 4. The topological polar surface area (TPSA) is 84.7 Å². The highest BCUT2D eigenvalue weighted by Crippen LogP contribution is 2.08. The zero-order valence-electron chi connectivity index (χ0n) is 11.0. The molecule has 7 nitrogen and oxygen atoms in total. The van der Waals surface area contributed by atoms with Crippen molar-refractivity contribution in [1.29, 1.82) is 0 Å². The average molecular weight is 272 g/mol. The molecule has 7 heteroatoms. The summed E-state index contributed by atoms with van der Waals surface area (Å²) in [5, 5.41) is 17.2. The largest absolute Gasteiger partial charge is 0.350 e. The van der Waals surface area contributed by atoms with Gasteiger partial charge in [-0.2, -0.15) is 0 Å². The second-order valence-electron chi connectivity index (χ2n) is 4.80. The third-order valence-electron chi connectivity index (χ3n) is 3.41. The van der Waals surface area contributed by atoms with Crippen LogP contribution in [0.1, 0.15) is 23.2 Å². The molecule has 1 saturated heterocycles. The number of amides is 1. The van der Waals surface area contributed by atoms with Gasteiger partial charge in [0, 0.05) is 18.2 Å². The lowest BCUT2D eigenvalue weighted by Crippen LogP contribution is -2.37. The van der Waals surface area contributed by atoms with Gasteiger partial charge in [-0.1, -0.05) is 0 Å². The van der Waals surface area contributed by atoms with Crippen LogP contribution in [0, 0.1) is 0 Å². The van der Waals surface area contributed by atoms with Gasteiger partial charge < -0.3 is 10.6 Å². The van der Waals surface area contributed by atoms with E-state index in [9.17, 15) is 4.79 Å². The van der Waals surface area contributed by atoms with Crippen LogP contribution in [0.25, 0.3) is 5.69 Å². The van der Waals surface area contributed by atoms with Crippen LogP contribution in [0.5, 0.6) is 0 Å². The van der Waals surface area contributed by atoms with Gasteiger partial charge in [-0.25, -0.2) is 4.68 Å². The number of tetrazole rings is 1. The Kier molecular flexibility index (Phi) is 3.69. The molecule has 3 rings (SSSR count). The summed E-state index contributed by atoms with van der Waals surface area (Å²) >= 11 is 0. The molecule has 20 heavy (non-hydrogen) atoms. The molecule has 1 aromatic heterocycles. The van der Waals surface area contributed by atoms with Gasteiger partial charge in [0.05, 0.1) is 5.69 Å². The van der Waals surface area contributed by atoms with E-state index in [-0.39, 0.29) is 5.91 Å². The van der Waals surface area contributed by atoms with Crippen LogP contribution in [0.15, 0.2) is 30.6 Å². The van der Waals surface area contributed by atoms with Gasteiger partial charge in [0.25, 0.3) is 5.91 Å². The number of carbonyl (C=O) groups is 1. The Balaban J connectivity index is 1.60. The molecule has 1 aliphatic rings. The predicted octanol–water partition coefficient (Wildman–Crippen LogP) is 0.144. The van der Waals surface area contributed by atoms with E-state index >= 15 is 0 Å². The fourth-order valence-corrected chi connectivity index (χ4v) is 2.29. The van der Waals surface area contributed by atoms with Gasteiger partial charge in [0.2, 0.25) is 0 Å². The number of hydrogen-bond acceptors (Lipinski definition) is 5. The third-order valence-corrected chi connectivity index (χ3v) is 3.41. The van der Waals surface area contributed by atoms with E-state index in [1.165, 1.54) is 12.7 Å². The zero-order chi connectivity index (χ0) is 13.8.